The molecule has 0 aromatic carbocycles. The largest absolute Gasteiger partial charge is 0.306 e. The lowest BCUT2D eigenvalue weighted by atomic mass is 10.2. The van der Waals surface area contributed by atoms with Crippen LogP contribution in [0.2, 0.25) is 0 Å². The standard InChI is InChI=1S/C11H10IN5O/c1-6-10(12)11-14-9(18)3-8(17(11)15-6)7-4-13-16(2)5-7/h3-5H,1-2H3,(H,14,18). The van der Waals surface area contributed by atoms with Gasteiger partial charge in [0.25, 0.3) is 5.56 Å². The molecule has 0 aliphatic heterocycles. The van der Waals surface area contributed by atoms with Crippen LogP contribution in [0.3, 0.4) is 0 Å². The summed E-state index contributed by atoms with van der Waals surface area (Å²) in [4.78, 5) is 14.5. The fourth-order valence-electron chi connectivity index (χ4n) is 1.89. The summed E-state index contributed by atoms with van der Waals surface area (Å²) in [6, 6.07) is 1.53. The Morgan fingerprint density at radius 2 is 2.22 bits per heavy atom. The first-order valence-corrected chi connectivity index (χ1v) is 6.41. The van der Waals surface area contributed by atoms with E-state index in [4.69, 9.17) is 0 Å². The Kier molecular flexibility index (Phi) is 2.51. The molecule has 3 rings (SSSR count). The second kappa shape index (κ2) is 3.94. The highest BCUT2D eigenvalue weighted by Crippen LogP contribution is 2.21. The van der Waals surface area contributed by atoms with Gasteiger partial charge in [0.2, 0.25) is 0 Å². The third-order valence-electron chi connectivity index (χ3n) is 2.73. The normalized spacial score (nSPS) is 11.3. The predicted molar refractivity (Wildman–Crippen MR) is 75.5 cm³/mol. The fourth-order valence-corrected chi connectivity index (χ4v) is 2.36. The SMILES string of the molecule is Cc1nn2c(-c3cnn(C)c3)cc(=O)[nH]c2c1I. The van der Waals surface area contributed by atoms with Crippen LogP contribution in [-0.2, 0) is 7.05 Å². The van der Waals surface area contributed by atoms with Crippen molar-refractivity contribution in [3.8, 4) is 11.3 Å². The average molecular weight is 355 g/mol. The highest BCUT2D eigenvalue weighted by atomic mass is 127. The van der Waals surface area contributed by atoms with Gasteiger partial charge in [-0.2, -0.15) is 10.2 Å². The molecule has 3 aromatic heterocycles. The van der Waals surface area contributed by atoms with Crippen molar-refractivity contribution in [1.29, 1.82) is 0 Å². The summed E-state index contributed by atoms with van der Waals surface area (Å²) < 4.78 is 4.40. The lowest BCUT2D eigenvalue weighted by molar-refractivity contribution is 0.768. The van der Waals surface area contributed by atoms with E-state index in [9.17, 15) is 4.79 Å². The van der Waals surface area contributed by atoms with Gasteiger partial charge < -0.3 is 4.98 Å². The number of hydrogen-bond acceptors (Lipinski definition) is 3. The minimum atomic E-state index is -0.140. The highest BCUT2D eigenvalue weighted by molar-refractivity contribution is 14.1. The second-order valence-electron chi connectivity index (χ2n) is 4.08. The van der Waals surface area contributed by atoms with E-state index in [1.165, 1.54) is 6.07 Å². The van der Waals surface area contributed by atoms with E-state index >= 15 is 0 Å². The van der Waals surface area contributed by atoms with E-state index in [2.05, 4.69) is 37.8 Å². The fraction of sp³-hybridized carbons (Fsp3) is 0.182. The summed E-state index contributed by atoms with van der Waals surface area (Å²) in [6.07, 6.45) is 3.58. The maximum atomic E-state index is 11.7. The Hall–Kier alpha value is -1.64. The van der Waals surface area contributed by atoms with Crippen molar-refractivity contribution in [2.45, 2.75) is 6.92 Å². The molecule has 0 spiro atoms. The van der Waals surface area contributed by atoms with Crippen LogP contribution >= 0.6 is 22.6 Å². The molecule has 0 amide bonds. The van der Waals surface area contributed by atoms with Crippen molar-refractivity contribution in [3.63, 3.8) is 0 Å². The van der Waals surface area contributed by atoms with Gasteiger partial charge >= 0.3 is 0 Å². The van der Waals surface area contributed by atoms with Gasteiger partial charge in [0.1, 0.15) is 5.65 Å². The van der Waals surface area contributed by atoms with Gasteiger partial charge in [0.05, 0.1) is 21.2 Å². The van der Waals surface area contributed by atoms with E-state index in [0.29, 0.717) is 0 Å². The van der Waals surface area contributed by atoms with Gasteiger partial charge in [-0.1, -0.05) is 0 Å². The van der Waals surface area contributed by atoms with E-state index in [1.807, 2.05) is 20.2 Å². The molecule has 0 radical (unpaired) electrons. The number of aromatic nitrogens is 5. The van der Waals surface area contributed by atoms with Crippen molar-refractivity contribution < 1.29 is 0 Å². The first kappa shape index (κ1) is 11.5. The van der Waals surface area contributed by atoms with Gasteiger partial charge in [-0.3, -0.25) is 9.48 Å². The Labute approximate surface area is 116 Å². The van der Waals surface area contributed by atoms with Crippen LogP contribution in [0.4, 0.5) is 0 Å². The third kappa shape index (κ3) is 1.65. The van der Waals surface area contributed by atoms with Crippen molar-refractivity contribution in [2.24, 2.45) is 7.05 Å². The first-order valence-electron chi connectivity index (χ1n) is 5.33. The van der Waals surface area contributed by atoms with Crippen molar-refractivity contribution in [1.82, 2.24) is 24.4 Å². The summed E-state index contributed by atoms with van der Waals surface area (Å²) in [5.74, 6) is 0. The summed E-state index contributed by atoms with van der Waals surface area (Å²) in [5.41, 5.74) is 3.08. The summed E-state index contributed by atoms with van der Waals surface area (Å²) in [6.45, 7) is 1.92. The predicted octanol–water partition coefficient (Wildman–Crippen LogP) is 1.34. The minimum Gasteiger partial charge on any atom is -0.306 e. The average Bonchev–Trinajstić information content (AvgIpc) is 2.86. The number of H-pyrrole nitrogens is 1. The van der Waals surface area contributed by atoms with Gasteiger partial charge in [-0.05, 0) is 29.5 Å². The lowest BCUT2D eigenvalue weighted by Crippen LogP contribution is -2.09. The van der Waals surface area contributed by atoms with Crippen LogP contribution in [0.15, 0.2) is 23.3 Å². The Bertz CT molecular complexity index is 797. The van der Waals surface area contributed by atoms with Crippen LogP contribution in [0.25, 0.3) is 16.9 Å². The van der Waals surface area contributed by atoms with Crippen LogP contribution < -0.4 is 5.56 Å². The molecule has 0 bridgehead atoms. The molecule has 6 nitrogen and oxygen atoms in total. The summed E-state index contributed by atoms with van der Waals surface area (Å²) >= 11 is 2.18. The Balaban J connectivity index is 2.42. The van der Waals surface area contributed by atoms with Gasteiger partial charge in [-0.15, -0.1) is 0 Å². The minimum absolute atomic E-state index is 0.140. The smallest absolute Gasteiger partial charge is 0.251 e. The van der Waals surface area contributed by atoms with Crippen molar-refractivity contribution in [3.05, 3.63) is 38.1 Å². The number of aryl methyl sites for hydroxylation is 2. The number of nitrogens with one attached hydrogen (secondary N) is 1. The van der Waals surface area contributed by atoms with Gasteiger partial charge in [0, 0.05) is 24.9 Å². The molecule has 92 valence electrons. The maximum Gasteiger partial charge on any atom is 0.251 e. The number of rotatable bonds is 1. The number of fused-ring (bicyclic) bond motifs is 1. The first-order chi connectivity index (χ1) is 8.56. The van der Waals surface area contributed by atoms with Gasteiger partial charge in [0.15, 0.2) is 0 Å². The topological polar surface area (TPSA) is 68.0 Å². The van der Waals surface area contributed by atoms with E-state index in [-0.39, 0.29) is 5.56 Å². The summed E-state index contributed by atoms with van der Waals surface area (Å²) in [7, 11) is 1.84. The molecule has 7 heteroatoms. The molecule has 0 saturated heterocycles. The van der Waals surface area contributed by atoms with E-state index < -0.39 is 0 Å². The Morgan fingerprint density at radius 3 is 2.89 bits per heavy atom. The molecule has 0 saturated carbocycles. The Morgan fingerprint density at radius 1 is 1.44 bits per heavy atom. The lowest BCUT2D eigenvalue weighted by Gasteiger charge is -2.01. The molecule has 0 aliphatic carbocycles. The van der Waals surface area contributed by atoms with E-state index in [1.54, 1.807) is 15.4 Å². The third-order valence-corrected chi connectivity index (χ3v) is 4.02. The molecule has 3 aromatic rings. The molecule has 3 heterocycles. The van der Waals surface area contributed by atoms with Crippen LogP contribution in [0.1, 0.15) is 5.69 Å². The molecule has 0 atom stereocenters. The quantitative estimate of drug-likeness (QED) is 0.670. The maximum absolute atomic E-state index is 11.7. The summed E-state index contributed by atoms with van der Waals surface area (Å²) in [5, 5.41) is 8.56. The molecule has 0 fully saturated rings. The monoisotopic (exact) mass is 355 g/mol. The van der Waals surface area contributed by atoms with Crippen molar-refractivity contribution in [2.75, 3.05) is 0 Å². The molecular formula is C11H10IN5O. The number of nitrogens with zero attached hydrogens (tertiary/aromatic N) is 4. The van der Waals surface area contributed by atoms with Crippen LogP contribution in [0.5, 0.6) is 0 Å². The molecular weight excluding hydrogens is 345 g/mol. The van der Waals surface area contributed by atoms with Crippen LogP contribution in [0, 0.1) is 10.5 Å². The number of aromatic amines is 1. The van der Waals surface area contributed by atoms with Gasteiger partial charge in [-0.25, -0.2) is 4.52 Å². The molecule has 0 unspecified atom stereocenters. The zero-order valence-corrected chi connectivity index (χ0v) is 12.0. The van der Waals surface area contributed by atoms with E-state index in [0.717, 1.165) is 26.2 Å². The van der Waals surface area contributed by atoms with Crippen LogP contribution in [-0.4, -0.2) is 24.4 Å². The zero-order chi connectivity index (χ0) is 12.9. The zero-order valence-electron chi connectivity index (χ0n) is 9.81. The van der Waals surface area contributed by atoms with Crippen molar-refractivity contribution >= 4 is 28.2 Å². The number of halogens is 1. The molecule has 0 aliphatic rings. The molecule has 18 heavy (non-hydrogen) atoms. The second-order valence-corrected chi connectivity index (χ2v) is 5.16. The molecule has 1 N–H and O–H groups in total. The highest BCUT2D eigenvalue weighted by Gasteiger charge is 2.13. The number of hydrogen-bond donors (Lipinski definition) is 1.